The van der Waals surface area contributed by atoms with E-state index in [-0.39, 0.29) is 6.04 Å². The van der Waals surface area contributed by atoms with Crippen LogP contribution in [0.1, 0.15) is 35.7 Å². The van der Waals surface area contributed by atoms with Crippen LogP contribution in [0.2, 0.25) is 0 Å². The molecule has 0 aliphatic rings. The molecule has 0 radical (unpaired) electrons. The Labute approximate surface area is 102 Å². The van der Waals surface area contributed by atoms with Crippen LogP contribution in [0, 0.1) is 13.8 Å². The molecule has 2 aromatic heterocycles. The fourth-order valence-corrected chi connectivity index (χ4v) is 1.97. The largest absolute Gasteiger partial charge is 0.468 e. The number of furan rings is 1. The lowest BCUT2D eigenvalue weighted by molar-refractivity contribution is 0.429. The molecule has 0 spiro atoms. The van der Waals surface area contributed by atoms with Crippen LogP contribution in [-0.2, 0) is 13.6 Å². The minimum absolute atomic E-state index is 0.212. The highest BCUT2D eigenvalue weighted by molar-refractivity contribution is 5.24. The molecule has 0 aliphatic carbocycles. The zero-order valence-electron chi connectivity index (χ0n) is 10.8. The summed E-state index contributed by atoms with van der Waals surface area (Å²) in [6, 6.07) is 4.11. The van der Waals surface area contributed by atoms with Crippen LogP contribution in [-0.4, -0.2) is 9.78 Å². The number of rotatable bonds is 4. The van der Waals surface area contributed by atoms with Crippen LogP contribution in [0.3, 0.4) is 0 Å². The van der Waals surface area contributed by atoms with Gasteiger partial charge >= 0.3 is 0 Å². The van der Waals surface area contributed by atoms with Crippen LogP contribution in [0.15, 0.2) is 22.8 Å². The topological polar surface area (TPSA) is 43.0 Å². The van der Waals surface area contributed by atoms with E-state index in [1.807, 2.05) is 30.8 Å². The lowest BCUT2D eigenvalue weighted by atomic mass is 10.1. The van der Waals surface area contributed by atoms with Crippen molar-refractivity contribution in [1.29, 1.82) is 0 Å². The molecule has 1 unspecified atom stereocenters. The SMILES string of the molecule is Cc1nn(C)c(C)c1CNC(C)c1ccco1. The zero-order chi connectivity index (χ0) is 12.4. The molecule has 0 bridgehead atoms. The van der Waals surface area contributed by atoms with E-state index in [1.165, 1.54) is 11.3 Å². The second-order valence-corrected chi connectivity index (χ2v) is 4.39. The van der Waals surface area contributed by atoms with Gasteiger partial charge in [0.25, 0.3) is 0 Å². The Morgan fingerprint density at radius 3 is 2.76 bits per heavy atom. The van der Waals surface area contributed by atoms with Crippen LogP contribution >= 0.6 is 0 Å². The Balaban J connectivity index is 2.03. The van der Waals surface area contributed by atoms with Crippen molar-refractivity contribution in [2.75, 3.05) is 0 Å². The molecule has 17 heavy (non-hydrogen) atoms. The Hall–Kier alpha value is -1.55. The van der Waals surface area contributed by atoms with Crippen molar-refractivity contribution >= 4 is 0 Å². The van der Waals surface area contributed by atoms with Gasteiger partial charge in [0.05, 0.1) is 18.0 Å². The molecule has 2 rings (SSSR count). The van der Waals surface area contributed by atoms with Gasteiger partial charge in [-0.3, -0.25) is 4.68 Å². The van der Waals surface area contributed by atoms with E-state index in [2.05, 4.69) is 24.3 Å². The third kappa shape index (κ3) is 2.42. The lowest BCUT2D eigenvalue weighted by Crippen LogP contribution is -2.18. The average Bonchev–Trinajstić information content (AvgIpc) is 2.88. The highest BCUT2D eigenvalue weighted by Crippen LogP contribution is 2.16. The first-order valence-electron chi connectivity index (χ1n) is 5.85. The summed E-state index contributed by atoms with van der Waals surface area (Å²) < 4.78 is 7.29. The minimum atomic E-state index is 0.212. The molecule has 4 nitrogen and oxygen atoms in total. The monoisotopic (exact) mass is 233 g/mol. The molecular formula is C13H19N3O. The molecule has 0 aliphatic heterocycles. The number of nitrogens with zero attached hydrogens (tertiary/aromatic N) is 2. The van der Waals surface area contributed by atoms with Gasteiger partial charge in [-0.25, -0.2) is 0 Å². The van der Waals surface area contributed by atoms with Crippen LogP contribution in [0.25, 0.3) is 0 Å². The molecule has 2 heterocycles. The van der Waals surface area contributed by atoms with Crippen molar-refractivity contribution < 1.29 is 4.42 Å². The molecule has 0 saturated carbocycles. The van der Waals surface area contributed by atoms with Crippen molar-refractivity contribution in [1.82, 2.24) is 15.1 Å². The molecular weight excluding hydrogens is 214 g/mol. The summed E-state index contributed by atoms with van der Waals surface area (Å²) in [4.78, 5) is 0. The Morgan fingerprint density at radius 2 is 2.24 bits per heavy atom. The summed E-state index contributed by atoms with van der Waals surface area (Å²) >= 11 is 0. The molecule has 1 N–H and O–H groups in total. The van der Waals surface area contributed by atoms with Gasteiger partial charge in [0.2, 0.25) is 0 Å². The summed E-state index contributed by atoms with van der Waals surface area (Å²) in [6.45, 7) is 7.05. The van der Waals surface area contributed by atoms with E-state index in [0.29, 0.717) is 0 Å². The first kappa shape index (κ1) is 11.9. The van der Waals surface area contributed by atoms with Crippen molar-refractivity contribution in [2.45, 2.75) is 33.4 Å². The Bertz CT molecular complexity index is 485. The van der Waals surface area contributed by atoms with Crippen molar-refractivity contribution in [3.8, 4) is 0 Å². The zero-order valence-corrected chi connectivity index (χ0v) is 10.8. The number of aromatic nitrogens is 2. The second-order valence-electron chi connectivity index (χ2n) is 4.39. The quantitative estimate of drug-likeness (QED) is 0.882. The van der Waals surface area contributed by atoms with Gasteiger partial charge in [-0.1, -0.05) is 0 Å². The van der Waals surface area contributed by atoms with E-state index >= 15 is 0 Å². The van der Waals surface area contributed by atoms with Crippen LogP contribution < -0.4 is 5.32 Å². The summed E-state index contributed by atoms with van der Waals surface area (Å²) in [6.07, 6.45) is 1.70. The maximum Gasteiger partial charge on any atom is 0.120 e. The van der Waals surface area contributed by atoms with Gasteiger partial charge in [0, 0.05) is 24.8 Å². The fraction of sp³-hybridized carbons (Fsp3) is 0.462. The van der Waals surface area contributed by atoms with Crippen LogP contribution in [0.4, 0.5) is 0 Å². The maximum absolute atomic E-state index is 5.37. The van der Waals surface area contributed by atoms with Crippen LogP contribution in [0.5, 0.6) is 0 Å². The molecule has 1 atom stereocenters. The Kier molecular flexibility index (Phi) is 3.33. The number of hydrogen-bond acceptors (Lipinski definition) is 3. The highest BCUT2D eigenvalue weighted by Gasteiger charge is 2.12. The standard InChI is InChI=1S/C13H19N3O/c1-9-12(11(3)16(4)15-9)8-14-10(2)13-6-5-7-17-13/h5-7,10,14H,8H2,1-4H3. The Morgan fingerprint density at radius 1 is 1.47 bits per heavy atom. The molecule has 4 heteroatoms. The first-order chi connectivity index (χ1) is 8.09. The van der Waals surface area contributed by atoms with Crippen molar-refractivity contribution in [3.05, 3.63) is 41.1 Å². The number of hydrogen-bond donors (Lipinski definition) is 1. The predicted octanol–water partition coefficient (Wildman–Crippen LogP) is 2.48. The van der Waals surface area contributed by atoms with E-state index in [0.717, 1.165) is 18.0 Å². The molecule has 2 aromatic rings. The third-order valence-electron chi connectivity index (χ3n) is 3.21. The average molecular weight is 233 g/mol. The van der Waals surface area contributed by atoms with Gasteiger partial charge in [-0.2, -0.15) is 5.10 Å². The first-order valence-corrected chi connectivity index (χ1v) is 5.85. The van der Waals surface area contributed by atoms with Gasteiger partial charge in [0.1, 0.15) is 5.76 Å². The smallest absolute Gasteiger partial charge is 0.120 e. The van der Waals surface area contributed by atoms with Crippen molar-refractivity contribution in [2.24, 2.45) is 7.05 Å². The number of aryl methyl sites for hydroxylation is 2. The fourth-order valence-electron chi connectivity index (χ4n) is 1.97. The van der Waals surface area contributed by atoms with Gasteiger partial charge in [-0.15, -0.1) is 0 Å². The molecule has 0 amide bonds. The summed E-state index contributed by atoms with van der Waals surface area (Å²) in [7, 11) is 1.97. The molecule has 0 aromatic carbocycles. The van der Waals surface area contributed by atoms with Gasteiger partial charge < -0.3 is 9.73 Å². The number of nitrogens with one attached hydrogen (secondary N) is 1. The van der Waals surface area contributed by atoms with E-state index in [1.54, 1.807) is 6.26 Å². The molecule has 0 saturated heterocycles. The summed E-state index contributed by atoms with van der Waals surface area (Å²) in [5, 5.41) is 7.85. The molecule has 0 fully saturated rings. The summed E-state index contributed by atoms with van der Waals surface area (Å²) in [5.74, 6) is 0.962. The highest BCUT2D eigenvalue weighted by atomic mass is 16.3. The third-order valence-corrected chi connectivity index (χ3v) is 3.21. The predicted molar refractivity (Wildman–Crippen MR) is 66.6 cm³/mol. The molecule has 92 valence electrons. The van der Waals surface area contributed by atoms with Crippen molar-refractivity contribution in [3.63, 3.8) is 0 Å². The second kappa shape index (κ2) is 4.75. The maximum atomic E-state index is 5.37. The minimum Gasteiger partial charge on any atom is -0.468 e. The van der Waals surface area contributed by atoms with Gasteiger partial charge in [0.15, 0.2) is 0 Å². The van der Waals surface area contributed by atoms with E-state index in [4.69, 9.17) is 4.42 Å². The van der Waals surface area contributed by atoms with E-state index < -0.39 is 0 Å². The summed E-state index contributed by atoms with van der Waals surface area (Å²) in [5.41, 5.74) is 3.57. The normalized spacial score (nSPS) is 12.9. The van der Waals surface area contributed by atoms with E-state index in [9.17, 15) is 0 Å². The van der Waals surface area contributed by atoms with Gasteiger partial charge in [-0.05, 0) is 32.9 Å². The lowest BCUT2D eigenvalue weighted by Gasteiger charge is -2.11.